The van der Waals surface area contributed by atoms with Gasteiger partial charge in [-0.25, -0.2) is 14.5 Å². The molecule has 0 amide bonds. The Hall–Kier alpha value is -1.54. The van der Waals surface area contributed by atoms with Gasteiger partial charge in [-0.3, -0.25) is 4.79 Å². The fourth-order valence-electron chi connectivity index (χ4n) is 1.59. The average molecular weight is 344 g/mol. The van der Waals surface area contributed by atoms with Crippen molar-refractivity contribution in [2.45, 2.75) is 12.1 Å². The lowest BCUT2D eigenvalue weighted by molar-refractivity contribution is -0.133. The number of carboxylic acids is 1. The molecular weight excluding hydrogens is 334 g/mol. The van der Waals surface area contributed by atoms with Crippen molar-refractivity contribution >= 4 is 33.7 Å². The summed E-state index contributed by atoms with van der Waals surface area (Å²) in [5.74, 6) is -1.11. The lowest BCUT2D eigenvalue weighted by atomic mass is 10.2. The maximum atomic E-state index is 11.8. The van der Waals surface area contributed by atoms with Crippen molar-refractivity contribution in [2.24, 2.45) is 0 Å². The summed E-state index contributed by atoms with van der Waals surface area (Å²) in [6.07, 6.45) is 0. The first-order chi connectivity index (χ1) is 8.99. The first-order valence-corrected chi connectivity index (χ1v) is 7.05. The zero-order chi connectivity index (χ0) is 14.0. The highest BCUT2D eigenvalue weighted by Crippen LogP contribution is 2.22. The number of hydrogen-bond donors (Lipinski definition) is 2. The third-order valence-corrected chi connectivity index (χ3v) is 3.78. The van der Waals surface area contributed by atoms with Gasteiger partial charge in [0.1, 0.15) is 0 Å². The van der Waals surface area contributed by atoms with E-state index in [1.807, 2.05) is 19.1 Å². The molecule has 2 rings (SSSR count). The van der Waals surface area contributed by atoms with E-state index in [1.165, 1.54) is 4.57 Å². The van der Waals surface area contributed by atoms with Crippen molar-refractivity contribution in [1.29, 1.82) is 0 Å². The van der Waals surface area contributed by atoms with Gasteiger partial charge in [-0.15, -0.1) is 5.10 Å². The first-order valence-electron chi connectivity index (χ1n) is 5.27. The highest BCUT2D eigenvalue weighted by molar-refractivity contribution is 9.10. The first kappa shape index (κ1) is 13.9. The smallest absolute Gasteiger partial charge is 0.348 e. The number of benzene rings is 1. The summed E-state index contributed by atoms with van der Waals surface area (Å²) in [6.45, 7) is 1.87. The number of carbonyl (C=O) groups is 1. The van der Waals surface area contributed by atoms with Crippen LogP contribution in [0.2, 0.25) is 0 Å². The lowest BCUT2D eigenvalue weighted by Crippen LogP contribution is -2.16. The number of aromatic nitrogens is 3. The van der Waals surface area contributed by atoms with E-state index in [9.17, 15) is 9.59 Å². The second kappa shape index (κ2) is 5.62. The van der Waals surface area contributed by atoms with E-state index in [0.717, 1.165) is 21.8 Å². The summed E-state index contributed by atoms with van der Waals surface area (Å²) >= 11 is 4.35. The number of nitrogens with one attached hydrogen (secondary N) is 1. The zero-order valence-corrected chi connectivity index (χ0v) is 12.3. The normalized spacial score (nSPS) is 10.6. The van der Waals surface area contributed by atoms with Crippen molar-refractivity contribution < 1.29 is 9.90 Å². The van der Waals surface area contributed by atoms with Crippen LogP contribution in [0.15, 0.2) is 32.6 Å². The second-order valence-electron chi connectivity index (χ2n) is 3.76. The quantitative estimate of drug-likeness (QED) is 0.826. The number of hydrogen-bond acceptors (Lipinski definition) is 4. The van der Waals surface area contributed by atoms with E-state index in [1.54, 1.807) is 6.07 Å². The summed E-state index contributed by atoms with van der Waals surface area (Å²) in [4.78, 5) is 22.4. The number of aliphatic carboxylic acids is 1. The molecule has 2 N–H and O–H groups in total. The molecular formula is C11H10BrN3O3S. The number of nitrogens with zero attached hydrogens (tertiary/aromatic N) is 2. The number of rotatable bonds is 4. The number of H-pyrrole nitrogens is 1. The molecule has 0 atom stereocenters. The molecule has 19 heavy (non-hydrogen) atoms. The van der Waals surface area contributed by atoms with Gasteiger partial charge in [0.25, 0.3) is 0 Å². The molecule has 8 heteroatoms. The molecule has 0 spiro atoms. The van der Waals surface area contributed by atoms with E-state index < -0.39 is 11.7 Å². The van der Waals surface area contributed by atoms with Gasteiger partial charge in [0.15, 0.2) is 5.16 Å². The topological polar surface area (TPSA) is 88.0 Å². The SMILES string of the molecule is Cc1cc(Br)ccc1-n1c(SCC(=O)O)n[nH]c1=O. The molecule has 0 unspecified atom stereocenters. The van der Waals surface area contributed by atoms with Gasteiger partial charge in [-0.05, 0) is 30.7 Å². The maximum absolute atomic E-state index is 11.8. The molecule has 0 aliphatic rings. The Kier molecular flexibility index (Phi) is 4.11. The Bertz CT molecular complexity index is 680. The van der Waals surface area contributed by atoms with Gasteiger partial charge in [0.2, 0.25) is 0 Å². The molecule has 0 radical (unpaired) electrons. The molecule has 0 fully saturated rings. The minimum absolute atomic E-state index is 0.153. The van der Waals surface area contributed by atoms with Gasteiger partial charge in [-0.1, -0.05) is 27.7 Å². The molecule has 0 aliphatic carbocycles. The molecule has 1 aromatic heterocycles. The fraction of sp³-hybridized carbons (Fsp3) is 0.182. The molecule has 0 bridgehead atoms. The monoisotopic (exact) mass is 343 g/mol. The van der Waals surface area contributed by atoms with Gasteiger partial charge in [-0.2, -0.15) is 0 Å². The molecule has 2 aromatic rings. The van der Waals surface area contributed by atoms with E-state index in [2.05, 4.69) is 26.1 Å². The molecule has 0 aliphatic heterocycles. The van der Waals surface area contributed by atoms with Crippen LogP contribution in [-0.2, 0) is 4.79 Å². The Labute approximate surface area is 121 Å². The highest BCUT2D eigenvalue weighted by Gasteiger charge is 2.14. The average Bonchev–Trinajstić information content (AvgIpc) is 2.68. The van der Waals surface area contributed by atoms with Gasteiger partial charge >= 0.3 is 11.7 Å². The Morgan fingerprint density at radius 1 is 1.58 bits per heavy atom. The van der Waals surface area contributed by atoms with Crippen LogP contribution in [-0.4, -0.2) is 31.6 Å². The van der Waals surface area contributed by atoms with Crippen LogP contribution < -0.4 is 5.69 Å². The molecule has 100 valence electrons. The predicted molar refractivity (Wildman–Crippen MR) is 75.0 cm³/mol. The largest absolute Gasteiger partial charge is 0.481 e. The minimum atomic E-state index is -0.959. The number of aromatic amines is 1. The van der Waals surface area contributed by atoms with Crippen molar-refractivity contribution in [3.8, 4) is 5.69 Å². The van der Waals surface area contributed by atoms with Crippen LogP contribution in [0.3, 0.4) is 0 Å². The number of carboxylic acid groups (broad SMARTS) is 1. The fourth-order valence-corrected chi connectivity index (χ4v) is 2.74. The Balaban J connectivity index is 2.46. The Morgan fingerprint density at radius 2 is 2.32 bits per heavy atom. The highest BCUT2D eigenvalue weighted by atomic mass is 79.9. The maximum Gasteiger partial charge on any atom is 0.348 e. The minimum Gasteiger partial charge on any atom is -0.481 e. The molecule has 6 nitrogen and oxygen atoms in total. The lowest BCUT2D eigenvalue weighted by Gasteiger charge is -2.08. The number of thioether (sulfide) groups is 1. The number of halogens is 1. The standard InChI is InChI=1S/C11H10BrN3O3S/c1-6-4-7(12)2-3-8(6)15-10(18)13-14-11(15)19-5-9(16)17/h2-4H,5H2,1H3,(H,13,18)(H,16,17). The van der Waals surface area contributed by atoms with Crippen molar-refractivity contribution in [3.63, 3.8) is 0 Å². The van der Waals surface area contributed by atoms with E-state index >= 15 is 0 Å². The van der Waals surface area contributed by atoms with Crippen LogP contribution >= 0.6 is 27.7 Å². The summed E-state index contributed by atoms with van der Waals surface area (Å²) in [6, 6.07) is 5.47. The van der Waals surface area contributed by atoms with Crippen LogP contribution in [0.5, 0.6) is 0 Å². The third-order valence-electron chi connectivity index (χ3n) is 2.37. The second-order valence-corrected chi connectivity index (χ2v) is 5.62. The van der Waals surface area contributed by atoms with Crippen LogP contribution in [0.25, 0.3) is 5.69 Å². The van der Waals surface area contributed by atoms with E-state index in [-0.39, 0.29) is 5.75 Å². The van der Waals surface area contributed by atoms with Gasteiger partial charge < -0.3 is 5.11 Å². The molecule has 0 saturated carbocycles. The summed E-state index contributed by atoms with van der Waals surface area (Å²) in [7, 11) is 0. The van der Waals surface area contributed by atoms with E-state index in [4.69, 9.17) is 5.11 Å². The predicted octanol–water partition coefficient (Wildman–Crippen LogP) is 1.81. The summed E-state index contributed by atoms with van der Waals surface area (Å²) in [5, 5.41) is 15.2. The molecule has 1 aromatic carbocycles. The van der Waals surface area contributed by atoms with Crippen molar-refractivity contribution in [3.05, 3.63) is 38.7 Å². The van der Waals surface area contributed by atoms with Crippen LogP contribution in [0.4, 0.5) is 0 Å². The van der Waals surface area contributed by atoms with Crippen molar-refractivity contribution in [1.82, 2.24) is 14.8 Å². The molecule has 0 saturated heterocycles. The van der Waals surface area contributed by atoms with Crippen LogP contribution in [0, 0.1) is 6.92 Å². The van der Waals surface area contributed by atoms with Crippen molar-refractivity contribution in [2.75, 3.05) is 5.75 Å². The van der Waals surface area contributed by atoms with E-state index in [0.29, 0.717) is 10.8 Å². The number of aryl methyl sites for hydroxylation is 1. The Morgan fingerprint density at radius 3 is 2.95 bits per heavy atom. The van der Waals surface area contributed by atoms with Crippen LogP contribution in [0.1, 0.15) is 5.56 Å². The van der Waals surface area contributed by atoms with Gasteiger partial charge in [0.05, 0.1) is 11.4 Å². The third kappa shape index (κ3) is 3.07. The van der Waals surface area contributed by atoms with Gasteiger partial charge in [0, 0.05) is 4.47 Å². The zero-order valence-electron chi connectivity index (χ0n) is 9.88. The molecule has 1 heterocycles. The summed E-state index contributed by atoms with van der Waals surface area (Å²) in [5.41, 5.74) is 1.17. The summed E-state index contributed by atoms with van der Waals surface area (Å²) < 4.78 is 2.28.